The molecule has 34 heavy (non-hydrogen) atoms. The van der Waals surface area contributed by atoms with Gasteiger partial charge in [-0.3, -0.25) is 14.4 Å². The van der Waals surface area contributed by atoms with Gasteiger partial charge in [0.2, 0.25) is 11.8 Å². The molecule has 0 radical (unpaired) electrons. The molecular formula is C26H25N5O3. The van der Waals surface area contributed by atoms with E-state index in [2.05, 4.69) is 20.9 Å². The van der Waals surface area contributed by atoms with E-state index in [1.165, 1.54) is 6.07 Å². The molecule has 0 aliphatic heterocycles. The number of amides is 3. The van der Waals surface area contributed by atoms with Crippen molar-refractivity contribution in [2.45, 2.75) is 13.0 Å². The third-order valence-electron chi connectivity index (χ3n) is 5.32. The number of hydrogen-bond donors (Lipinski definition) is 5. The zero-order chi connectivity index (χ0) is 23.9. The van der Waals surface area contributed by atoms with Crippen LogP contribution in [-0.4, -0.2) is 29.3 Å². The predicted molar refractivity (Wildman–Crippen MR) is 133 cm³/mol. The molecule has 8 heteroatoms. The number of nitrogens with two attached hydrogens (primary N) is 1. The lowest BCUT2D eigenvalue weighted by Crippen LogP contribution is -2.28. The van der Waals surface area contributed by atoms with Crippen LogP contribution in [0.25, 0.3) is 10.9 Å². The summed E-state index contributed by atoms with van der Waals surface area (Å²) in [6.45, 7) is 0.697. The minimum absolute atomic E-state index is 0.0604. The van der Waals surface area contributed by atoms with E-state index >= 15 is 0 Å². The average Bonchev–Trinajstić information content (AvgIpc) is 3.28. The molecule has 0 fully saturated rings. The van der Waals surface area contributed by atoms with Gasteiger partial charge in [0.25, 0.3) is 5.91 Å². The molecular weight excluding hydrogens is 430 g/mol. The van der Waals surface area contributed by atoms with Crippen molar-refractivity contribution < 1.29 is 14.4 Å². The Morgan fingerprint density at radius 3 is 2.38 bits per heavy atom. The zero-order valence-corrected chi connectivity index (χ0v) is 18.4. The number of hydrogen-bond acceptors (Lipinski definition) is 4. The summed E-state index contributed by atoms with van der Waals surface area (Å²) < 4.78 is 0. The molecule has 1 aromatic heterocycles. The molecule has 6 N–H and O–H groups in total. The molecule has 4 rings (SSSR count). The lowest BCUT2D eigenvalue weighted by molar-refractivity contribution is -0.116. The van der Waals surface area contributed by atoms with Crippen LogP contribution in [0, 0.1) is 0 Å². The van der Waals surface area contributed by atoms with Crippen molar-refractivity contribution in [3.8, 4) is 0 Å². The van der Waals surface area contributed by atoms with Crippen molar-refractivity contribution in [2.24, 2.45) is 5.73 Å². The number of para-hydroxylation sites is 1. The van der Waals surface area contributed by atoms with Gasteiger partial charge in [-0.15, -0.1) is 0 Å². The molecule has 0 saturated heterocycles. The summed E-state index contributed by atoms with van der Waals surface area (Å²) in [4.78, 5) is 39.7. The smallest absolute Gasteiger partial charge is 0.267 e. The summed E-state index contributed by atoms with van der Waals surface area (Å²) >= 11 is 0. The molecule has 4 aromatic rings. The van der Waals surface area contributed by atoms with E-state index in [0.29, 0.717) is 23.6 Å². The van der Waals surface area contributed by atoms with Gasteiger partial charge in [-0.2, -0.15) is 0 Å². The highest BCUT2D eigenvalue weighted by Crippen LogP contribution is 2.24. The number of carbonyl (C=O) groups excluding carboxylic acids is 3. The standard InChI is InChI=1S/C26H25N5O3/c27-25(33)19-10-11-21(29-16-17-6-2-1-3-7-17)22(15-19)31-24(32)12-13-28-26(34)23-14-18-8-4-5-9-20(18)30-23/h1-11,14-15,29-30H,12-13,16H2,(H2,27,33)(H,28,34)(H,31,32). The Bertz CT molecular complexity index is 1300. The van der Waals surface area contributed by atoms with E-state index in [9.17, 15) is 14.4 Å². The summed E-state index contributed by atoms with van der Waals surface area (Å²) in [6, 6.07) is 24.0. The minimum atomic E-state index is -0.587. The summed E-state index contributed by atoms with van der Waals surface area (Å²) in [5.74, 6) is -1.18. The predicted octanol–water partition coefficient (Wildman–Crippen LogP) is 3.64. The van der Waals surface area contributed by atoms with E-state index in [1.807, 2.05) is 54.6 Å². The van der Waals surface area contributed by atoms with Crippen LogP contribution in [0.15, 0.2) is 78.9 Å². The van der Waals surface area contributed by atoms with Crippen molar-refractivity contribution in [3.05, 3.63) is 95.7 Å². The monoisotopic (exact) mass is 455 g/mol. The van der Waals surface area contributed by atoms with Gasteiger partial charge in [-0.05, 0) is 35.9 Å². The fourth-order valence-corrected chi connectivity index (χ4v) is 3.54. The highest BCUT2D eigenvalue weighted by Gasteiger charge is 2.13. The Morgan fingerprint density at radius 2 is 1.62 bits per heavy atom. The van der Waals surface area contributed by atoms with Crippen LogP contribution in [0.4, 0.5) is 11.4 Å². The van der Waals surface area contributed by atoms with Gasteiger partial charge >= 0.3 is 0 Å². The topological polar surface area (TPSA) is 129 Å². The van der Waals surface area contributed by atoms with Crippen LogP contribution in [0.1, 0.15) is 32.8 Å². The van der Waals surface area contributed by atoms with Crippen LogP contribution < -0.4 is 21.7 Å². The molecule has 0 spiro atoms. The van der Waals surface area contributed by atoms with Gasteiger partial charge in [-0.25, -0.2) is 0 Å². The van der Waals surface area contributed by atoms with Gasteiger partial charge < -0.3 is 26.7 Å². The van der Waals surface area contributed by atoms with Crippen molar-refractivity contribution >= 4 is 40.0 Å². The lowest BCUT2D eigenvalue weighted by atomic mass is 10.1. The van der Waals surface area contributed by atoms with Crippen LogP contribution in [0.3, 0.4) is 0 Å². The quantitative estimate of drug-likeness (QED) is 0.264. The Balaban J connectivity index is 1.36. The summed E-state index contributed by atoms with van der Waals surface area (Å²) in [6.07, 6.45) is 0.0604. The maximum Gasteiger partial charge on any atom is 0.267 e. The molecule has 3 aromatic carbocycles. The van der Waals surface area contributed by atoms with Crippen LogP contribution in [-0.2, 0) is 11.3 Å². The van der Waals surface area contributed by atoms with Gasteiger partial charge in [0.15, 0.2) is 0 Å². The minimum Gasteiger partial charge on any atom is -0.379 e. The molecule has 0 atom stereocenters. The van der Waals surface area contributed by atoms with Crippen molar-refractivity contribution in [2.75, 3.05) is 17.2 Å². The zero-order valence-electron chi connectivity index (χ0n) is 18.4. The van der Waals surface area contributed by atoms with Crippen LogP contribution >= 0.6 is 0 Å². The fraction of sp³-hybridized carbons (Fsp3) is 0.115. The first kappa shape index (κ1) is 22.6. The number of nitrogens with one attached hydrogen (secondary N) is 4. The summed E-state index contributed by atoms with van der Waals surface area (Å²) in [7, 11) is 0. The number of anilines is 2. The normalized spacial score (nSPS) is 10.6. The number of aromatic nitrogens is 1. The average molecular weight is 456 g/mol. The van der Waals surface area contributed by atoms with E-state index < -0.39 is 5.91 Å². The largest absolute Gasteiger partial charge is 0.379 e. The maximum atomic E-state index is 12.6. The third-order valence-corrected chi connectivity index (χ3v) is 5.32. The second-order valence-corrected chi connectivity index (χ2v) is 7.79. The first-order valence-corrected chi connectivity index (χ1v) is 10.9. The SMILES string of the molecule is NC(=O)c1ccc(NCc2ccccc2)c(NC(=O)CCNC(=O)c2cc3ccccc3[nH]2)c1. The van der Waals surface area contributed by atoms with Crippen molar-refractivity contribution in [1.29, 1.82) is 0 Å². The highest BCUT2D eigenvalue weighted by molar-refractivity contribution is 6.00. The first-order chi connectivity index (χ1) is 16.5. The molecule has 8 nitrogen and oxygen atoms in total. The Labute approximate surface area is 196 Å². The summed E-state index contributed by atoms with van der Waals surface area (Å²) in [5, 5.41) is 9.76. The number of primary amides is 1. The van der Waals surface area contributed by atoms with E-state index in [-0.39, 0.29) is 30.3 Å². The number of fused-ring (bicyclic) bond motifs is 1. The maximum absolute atomic E-state index is 12.6. The van der Waals surface area contributed by atoms with E-state index in [4.69, 9.17) is 5.73 Å². The highest BCUT2D eigenvalue weighted by atomic mass is 16.2. The van der Waals surface area contributed by atoms with Gasteiger partial charge in [0, 0.05) is 36.0 Å². The van der Waals surface area contributed by atoms with E-state index in [0.717, 1.165) is 16.5 Å². The molecule has 0 saturated carbocycles. The molecule has 0 unspecified atom stereocenters. The van der Waals surface area contributed by atoms with Gasteiger partial charge in [0.05, 0.1) is 11.4 Å². The van der Waals surface area contributed by atoms with Crippen molar-refractivity contribution in [3.63, 3.8) is 0 Å². The lowest BCUT2D eigenvalue weighted by Gasteiger charge is -2.14. The van der Waals surface area contributed by atoms with Crippen molar-refractivity contribution in [1.82, 2.24) is 10.3 Å². The first-order valence-electron chi connectivity index (χ1n) is 10.9. The number of benzene rings is 3. The van der Waals surface area contributed by atoms with Gasteiger partial charge in [0.1, 0.15) is 5.69 Å². The van der Waals surface area contributed by atoms with Crippen LogP contribution in [0.5, 0.6) is 0 Å². The Hall–Kier alpha value is -4.59. The molecule has 3 amide bonds. The Morgan fingerprint density at radius 1 is 0.853 bits per heavy atom. The summed E-state index contributed by atoms with van der Waals surface area (Å²) in [5.41, 5.74) is 9.16. The fourth-order valence-electron chi connectivity index (χ4n) is 3.54. The number of aromatic amines is 1. The number of H-pyrrole nitrogens is 1. The molecule has 172 valence electrons. The number of rotatable bonds is 9. The van der Waals surface area contributed by atoms with E-state index in [1.54, 1.807) is 18.2 Å². The number of carbonyl (C=O) groups is 3. The molecule has 1 heterocycles. The molecule has 0 aliphatic carbocycles. The van der Waals surface area contributed by atoms with Crippen LogP contribution in [0.2, 0.25) is 0 Å². The third kappa shape index (κ3) is 5.60. The van der Waals surface area contributed by atoms with Gasteiger partial charge in [-0.1, -0.05) is 48.5 Å². The second kappa shape index (κ2) is 10.4. The molecule has 0 bridgehead atoms. The Kier molecular flexibility index (Phi) is 6.88. The second-order valence-electron chi connectivity index (χ2n) is 7.79. The molecule has 0 aliphatic rings.